The van der Waals surface area contributed by atoms with Crippen LogP contribution in [-0.4, -0.2) is 52.9 Å². The van der Waals surface area contributed by atoms with Gasteiger partial charge in [-0.2, -0.15) is 0 Å². The van der Waals surface area contributed by atoms with Crippen molar-refractivity contribution in [1.29, 1.82) is 0 Å². The Labute approximate surface area is 196 Å². The first-order valence-corrected chi connectivity index (χ1v) is 13.3. The molecule has 0 aromatic carbocycles. The van der Waals surface area contributed by atoms with Gasteiger partial charge in [-0.3, -0.25) is 4.65 Å². The van der Waals surface area contributed by atoms with E-state index in [1.807, 2.05) is 16.3 Å². The molecule has 10 heteroatoms. The van der Waals surface area contributed by atoms with Crippen LogP contribution in [0, 0.1) is 5.21 Å². The summed E-state index contributed by atoms with van der Waals surface area (Å²) < 4.78 is 5.03. The topological polar surface area (TPSA) is 78.4 Å². The molecule has 0 spiro atoms. The second-order valence-electron chi connectivity index (χ2n) is 8.35. The molecule has 2 atom stereocenters. The zero-order valence-corrected chi connectivity index (χ0v) is 20.2. The highest BCUT2D eigenvalue weighted by molar-refractivity contribution is 7.15. The normalized spacial score (nSPS) is 25.2. The van der Waals surface area contributed by atoms with Gasteiger partial charge in [-0.15, -0.1) is 28.0 Å². The molecule has 0 radical (unpaired) electrons. The number of hydrogen-bond donors (Lipinski definition) is 0. The number of nitrogens with zero attached hydrogens (tertiary/aromatic N) is 4. The van der Waals surface area contributed by atoms with E-state index in [1.165, 1.54) is 41.9 Å². The van der Waals surface area contributed by atoms with Crippen molar-refractivity contribution in [1.82, 2.24) is 19.7 Å². The summed E-state index contributed by atoms with van der Waals surface area (Å²) in [6.45, 7) is 3.14. The second-order valence-corrected chi connectivity index (χ2v) is 10.6. The number of thiophene rings is 1. The van der Waals surface area contributed by atoms with Gasteiger partial charge in [0.05, 0.1) is 6.54 Å². The fraction of sp³-hybridized carbons (Fsp3) is 0.667. The predicted molar refractivity (Wildman–Crippen MR) is 126 cm³/mol. The molecule has 1 saturated carbocycles. The third-order valence-corrected chi connectivity index (χ3v) is 8.40. The van der Waals surface area contributed by atoms with E-state index < -0.39 is 16.8 Å². The van der Waals surface area contributed by atoms with Crippen LogP contribution in [0.2, 0.25) is 0 Å². The average Bonchev–Trinajstić information content (AvgIpc) is 3.50. The van der Waals surface area contributed by atoms with Crippen molar-refractivity contribution in [3.63, 3.8) is 0 Å². The Morgan fingerprint density at radius 3 is 2.90 bits per heavy atom. The average molecular weight is 485 g/mol. The first-order chi connectivity index (χ1) is 15.0. The van der Waals surface area contributed by atoms with Gasteiger partial charge in [-0.25, -0.2) is 9.69 Å². The van der Waals surface area contributed by atoms with Crippen molar-refractivity contribution < 1.29 is 9.53 Å². The smallest absolute Gasteiger partial charge is 0.353 e. The maximum atomic E-state index is 14.0. The van der Waals surface area contributed by atoms with Gasteiger partial charge in [-0.05, 0) is 47.6 Å². The monoisotopic (exact) mass is 484 g/mol. The summed E-state index contributed by atoms with van der Waals surface area (Å²) in [6.07, 6.45) is 6.74. The van der Waals surface area contributed by atoms with Crippen LogP contribution < -0.4 is 4.65 Å². The Balaban J connectivity index is 1.55. The van der Waals surface area contributed by atoms with E-state index >= 15 is 0 Å². The number of carbonyl (C=O) groups excluding carboxylic acids is 1. The lowest BCUT2D eigenvalue weighted by atomic mass is 9.90. The SMILES string of the molecule is CCCc1ccsc1C(=O)OC1CN(CCCl)C[N+]1([O-])c1nnc(C2CCCCC2)s1. The Morgan fingerprint density at radius 1 is 1.35 bits per heavy atom. The first-order valence-electron chi connectivity index (χ1n) is 11.0. The van der Waals surface area contributed by atoms with Crippen molar-refractivity contribution >= 4 is 45.4 Å². The molecule has 4 rings (SSSR count). The molecule has 2 unspecified atom stereocenters. The minimum Gasteiger partial charge on any atom is -0.622 e. The van der Waals surface area contributed by atoms with Crippen LogP contribution in [0.25, 0.3) is 0 Å². The number of hydroxylamine groups is 2. The van der Waals surface area contributed by atoms with Crippen LogP contribution in [-0.2, 0) is 11.2 Å². The van der Waals surface area contributed by atoms with Crippen molar-refractivity contribution in [2.24, 2.45) is 0 Å². The highest BCUT2D eigenvalue weighted by Crippen LogP contribution is 2.40. The zero-order valence-electron chi connectivity index (χ0n) is 17.8. The minimum atomic E-state index is -0.876. The number of aryl methyl sites for hydroxylation is 1. The molecular weight excluding hydrogens is 456 g/mol. The Morgan fingerprint density at radius 2 is 2.16 bits per heavy atom. The van der Waals surface area contributed by atoms with E-state index in [-0.39, 0.29) is 6.67 Å². The van der Waals surface area contributed by atoms with Crippen LogP contribution in [0.5, 0.6) is 0 Å². The number of ether oxygens (including phenoxy) is 1. The molecule has 2 fully saturated rings. The molecule has 3 heterocycles. The van der Waals surface area contributed by atoms with Gasteiger partial charge in [0.15, 0.2) is 0 Å². The van der Waals surface area contributed by atoms with E-state index in [9.17, 15) is 10.0 Å². The molecule has 0 amide bonds. The number of rotatable bonds is 8. The van der Waals surface area contributed by atoms with Gasteiger partial charge in [0.2, 0.25) is 0 Å². The number of alkyl halides is 1. The van der Waals surface area contributed by atoms with Crippen LogP contribution in [0.3, 0.4) is 0 Å². The van der Waals surface area contributed by atoms with Gasteiger partial charge < -0.3 is 9.94 Å². The molecular formula is C21H29ClN4O3S2. The second kappa shape index (κ2) is 10.2. The molecule has 2 aromatic rings. The van der Waals surface area contributed by atoms with Crippen LogP contribution >= 0.6 is 34.3 Å². The number of esters is 1. The Hall–Kier alpha value is -1.10. The molecule has 2 aromatic heterocycles. The highest BCUT2D eigenvalue weighted by Gasteiger charge is 2.47. The van der Waals surface area contributed by atoms with Crippen molar-refractivity contribution in [3.8, 4) is 0 Å². The summed E-state index contributed by atoms with van der Waals surface area (Å²) in [5.41, 5.74) is 0.979. The number of quaternary nitrogens is 1. The van der Waals surface area contributed by atoms with Gasteiger partial charge in [0, 0.05) is 18.3 Å². The summed E-state index contributed by atoms with van der Waals surface area (Å²) in [6, 6.07) is 1.96. The van der Waals surface area contributed by atoms with E-state index in [4.69, 9.17) is 16.3 Å². The molecule has 1 aliphatic heterocycles. The van der Waals surface area contributed by atoms with Crippen LogP contribution in [0.4, 0.5) is 5.13 Å². The van der Waals surface area contributed by atoms with E-state index in [2.05, 4.69) is 17.1 Å². The summed E-state index contributed by atoms with van der Waals surface area (Å²) in [4.78, 5) is 15.5. The lowest BCUT2D eigenvalue weighted by Gasteiger charge is -2.38. The number of halogens is 1. The minimum absolute atomic E-state index is 0.163. The summed E-state index contributed by atoms with van der Waals surface area (Å²) in [5.74, 6) is 0.374. The zero-order chi connectivity index (χ0) is 21.8. The van der Waals surface area contributed by atoms with Crippen molar-refractivity contribution in [3.05, 3.63) is 32.1 Å². The van der Waals surface area contributed by atoms with Crippen LogP contribution in [0.15, 0.2) is 11.4 Å². The standard InChI is InChI=1S/C21H29ClN4O3S2/c1-2-6-15-9-12-30-18(15)20(27)29-17-13-25(11-10-22)14-26(17,28)21-24-23-19(31-21)16-7-4-3-5-8-16/h9,12,16-17H,2-8,10-11,13-14H2,1H3. The quantitative estimate of drug-likeness (QED) is 0.224. The fourth-order valence-corrected chi connectivity index (χ4v) is 6.59. The van der Waals surface area contributed by atoms with Gasteiger partial charge in [0.25, 0.3) is 6.23 Å². The van der Waals surface area contributed by atoms with Crippen molar-refractivity contribution in [2.75, 3.05) is 25.6 Å². The molecule has 31 heavy (non-hydrogen) atoms. The van der Waals surface area contributed by atoms with Gasteiger partial charge in [0.1, 0.15) is 16.6 Å². The van der Waals surface area contributed by atoms with E-state index in [0.717, 1.165) is 36.3 Å². The highest BCUT2D eigenvalue weighted by atomic mass is 35.5. The summed E-state index contributed by atoms with van der Waals surface area (Å²) in [7, 11) is 0. The number of carbonyl (C=O) groups is 1. The summed E-state index contributed by atoms with van der Waals surface area (Å²) in [5, 5.41) is 25.9. The molecule has 170 valence electrons. The van der Waals surface area contributed by atoms with E-state index in [1.54, 1.807) is 0 Å². The summed E-state index contributed by atoms with van der Waals surface area (Å²) >= 11 is 8.69. The molecule has 7 nitrogen and oxygen atoms in total. The molecule has 2 aliphatic rings. The lowest BCUT2D eigenvalue weighted by Crippen LogP contribution is -2.51. The number of hydrogen-bond acceptors (Lipinski definition) is 8. The number of aromatic nitrogens is 2. The third-order valence-electron chi connectivity index (χ3n) is 6.09. The fourth-order valence-electron chi connectivity index (χ4n) is 4.44. The molecule has 1 saturated heterocycles. The van der Waals surface area contributed by atoms with Gasteiger partial charge in [-0.1, -0.05) is 37.7 Å². The molecule has 0 bridgehead atoms. The lowest BCUT2D eigenvalue weighted by molar-refractivity contribution is 0.00596. The van der Waals surface area contributed by atoms with Gasteiger partial charge >= 0.3 is 11.1 Å². The first kappa shape index (κ1) is 23.1. The predicted octanol–water partition coefficient (Wildman–Crippen LogP) is 5.10. The Kier molecular flexibility index (Phi) is 7.61. The van der Waals surface area contributed by atoms with Crippen LogP contribution in [0.1, 0.15) is 71.6 Å². The molecule has 1 aliphatic carbocycles. The maximum Gasteiger partial charge on any atom is 0.353 e. The maximum absolute atomic E-state index is 14.0. The molecule has 0 N–H and O–H groups in total. The largest absolute Gasteiger partial charge is 0.622 e. The van der Waals surface area contributed by atoms with Crippen molar-refractivity contribution in [2.45, 2.75) is 64.0 Å². The van der Waals surface area contributed by atoms with E-state index in [0.29, 0.717) is 34.9 Å². The third kappa shape index (κ3) is 4.96. The Bertz CT molecular complexity index is 886.